The Balaban J connectivity index is 2.51. The average Bonchev–Trinajstić information content (AvgIpc) is 2.39. The summed E-state index contributed by atoms with van der Waals surface area (Å²) in [4.78, 5) is 19.9. The number of hydrogen-bond acceptors (Lipinski definition) is 4. The molecule has 0 amide bonds. The van der Waals surface area contributed by atoms with Gasteiger partial charge in [-0.1, -0.05) is 18.2 Å². The molecule has 0 aliphatic carbocycles. The summed E-state index contributed by atoms with van der Waals surface area (Å²) >= 11 is 3.26. The highest BCUT2D eigenvalue weighted by Crippen LogP contribution is 2.21. The third kappa shape index (κ3) is 2.50. The molecule has 0 radical (unpaired) electrons. The second-order valence-electron chi connectivity index (χ2n) is 3.26. The number of carbonyl (C=O) groups is 1. The van der Waals surface area contributed by atoms with Gasteiger partial charge in [0.05, 0.1) is 17.1 Å². The van der Waals surface area contributed by atoms with Crippen LogP contribution in [-0.4, -0.2) is 23.0 Å². The zero-order chi connectivity index (χ0) is 12.3. The lowest BCUT2D eigenvalue weighted by molar-refractivity contribution is 0.0601. The lowest BCUT2D eigenvalue weighted by atomic mass is 10.1. The Hall–Kier alpha value is -1.75. The van der Waals surface area contributed by atoms with E-state index in [-0.39, 0.29) is 0 Å². The van der Waals surface area contributed by atoms with Gasteiger partial charge in [0, 0.05) is 18.0 Å². The molecule has 0 saturated heterocycles. The summed E-state index contributed by atoms with van der Waals surface area (Å²) in [6, 6.07) is 7.07. The van der Waals surface area contributed by atoms with E-state index in [0.717, 1.165) is 4.47 Å². The third-order valence-corrected chi connectivity index (χ3v) is 2.60. The Kier molecular flexibility index (Phi) is 3.49. The predicted molar refractivity (Wildman–Crippen MR) is 66.5 cm³/mol. The number of esters is 1. The highest BCUT2D eigenvalue weighted by molar-refractivity contribution is 9.10. The van der Waals surface area contributed by atoms with Gasteiger partial charge in [0.25, 0.3) is 0 Å². The van der Waals surface area contributed by atoms with Crippen molar-refractivity contribution in [2.75, 3.05) is 7.11 Å². The van der Waals surface area contributed by atoms with Crippen LogP contribution in [0.15, 0.2) is 41.1 Å². The molecule has 1 heterocycles. The normalized spacial score (nSPS) is 10.0. The minimum absolute atomic E-state index is 0.396. The number of nitrogens with zero attached hydrogens (tertiary/aromatic N) is 2. The number of rotatable bonds is 2. The zero-order valence-electron chi connectivity index (χ0n) is 9.05. The number of benzene rings is 1. The van der Waals surface area contributed by atoms with E-state index in [1.807, 2.05) is 6.07 Å². The summed E-state index contributed by atoms with van der Waals surface area (Å²) in [5.41, 5.74) is 1.11. The number of halogens is 1. The summed E-state index contributed by atoms with van der Waals surface area (Å²) in [5, 5.41) is 0. The van der Waals surface area contributed by atoms with Gasteiger partial charge in [0.1, 0.15) is 0 Å². The maximum atomic E-state index is 11.6. The molecule has 17 heavy (non-hydrogen) atoms. The van der Waals surface area contributed by atoms with Crippen molar-refractivity contribution >= 4 is 21.9 Å². The van der Waals surface area contributed by atoms with Crippen LogP contribution in [0.4, 0.5) is 0 Å². The number of methoxy groups -OCH3 is 1. The SMILES string of the molecule is COC(=O)c1ccccc1-c1ncc(Br)cn1. The summed E-state index contributed by atoms with van der Waals surface area (Å²) in [5.74, 6) is 0.0984. The molecule has 0 spiro atoms. The fourth-order valence-corrected chi connectivity index (χ4v) is 1.62. The number of hydrogen-bond donors (Lipinski definition) is 0. The summed E-state index contributed by atoms with van der Waals surface area (Å²) < 4.78 is 5.51. The van der Waals surface area contributed by atoms with E-state index in [2.05, 4.69) is 25.9 Å². The molecule has 0 N–H and O–H groups in total. The Morgan fingerprint density at radius 1 is 1.24 bits per heavy atom. The van der Waals surface area contributed by atoms with Gasteiger partial charge < -0.3 is 4.74 Å². The van der Waals surface area contributed by atoms with Crippen molar-refractivity contribution in [2.24, 2.45) is 0 Å². The van der Waals surface area contributed by atoms with Crippen LogP contribution in [-0.2, 0) is 4.74 Å². The lowest BCUT2D eigenvalue weighted by Crippen LogP contribution is -2.04. The smallest absolute Gasteiger partial charge is 0.338 e. The van der Waals surface area contributed by atoms with E-state index in [0.29, 0.717) is 17.0 Å². The van der Waals surface area contributed by atoms with Crippen LogP contribution in [0.3, 0.4) is 0 Å². The van der Waals surface area contributed by atoms with Crippen LogP contribution >= 0.6 is 15.9 Å². The molecule has 1 aromatic carbocycles. The van der Waals surface area contributed by atoms with E-state index >= 15 is 0 Å². The minimum Gasteiger partial charge on any atom is -0.465 e. The van der Waals surface area contributed by atoms with Crippen molar-refractivity contribution in [3.05, 3.63) is 46.7 Å². The van der Waals surface area contributed by atoms with E-state index in [1.165, 1.54) is 7.11 Å². The quantitative estimate of drug-likeness (QED) is 0.799. The van der Waals surface area contributed by atoms with E-state index in [9.17, 15) is 4.79 Å². The van der Waals surface area contributed by atoms with Gasteiger partial charge in [-0.3, -0.25) is 0 Å². The second kappa shape index (κ2) is 5.05. The monoisotopic (exact) mass is 292 g/mol. The van der Waals surface area contributed by atoms with Crippen molar-refractivity contribution in [1.29, 1.82) is 0 Å². The third-order valence-electron chi connectivity index (χ3n) is 2.19. The van der Waals surface area contributed by atoms with E-state index < -0.39 is 5.97 Å². The van der Waals surface area contributed by atoms with Crippen LogP contribution < -0.4 is 0 Å². The summed E-state index contributed by atoms with van der Waals surface area (Å²) in [6.45, 7) is 0. The average molecular weight is 293 g/mol. The van der Waals surface area contributed by atoms with Gasteiger partial charge in [-0.2, -0.15) is 0 Å². The first-order chi connectivity index (χ1) is 8.22. The first kappa shape index (κ1) is 11.7. The maximum absolute atomic E-state index is 11.6. The molecule has 0 atom stereocenters. The molecule has 1 aromatic heterocycles. The first-order valence-corrected chi connectivity index (χ1v) is 5.67. The van der Waals surface area contributed by atoms with Crippen molar-refractivity contribution in [2.45, 2.75) is 0 Å². The second-order valence-corrected chi connectivity index (χ2v) is 4.18. The number of ether oxygens (including phenoxy) is 1. The standard InChI is InChI=1S/C12H9BrN2O2/c1-17-12(16)10-5-3-2-4-9(10)11-14-6-8(13)7-15-11/h2-7H,1H3. The first-order valence-electron chi connectivity index (χ1n) is 4.87. The molecule has 0 saturated carbocycles. The van der Waals surface area contributed by atoms with Gasteiger partial charge >= 0.3 is 5.97 Å². The van der Waals surface area contributed by atoms with Gasteiger partial charge in [0.2, 0.25) is 0 Å². The Morgan fingerprint density at radius 3 is 2.53 bits per heavy atom. The molecule has 2 aromatic rings. The highest BCUT2D eigenvalue weighted by atomic mass is 79.9. The Bertz CT molecular complexity index is 540. The fraction of sp³-hybridized carbons (Fsp3) is 0.0833. The van der Waals surface area contributed by atoms with Crippen LogP contribution in [0.5, 0.6) is 0 Å². The topological polar surface area (TPSA) is 52.1 Å². The molecule has 2 rings (SSSR count). The van der Waals surface area contributed by atoms with Gasteiger partial charge in [-0.05, 0) is 22.0 Å². The fourth-order valence-electron chi connectivity index (χ4n) is 1.42. The Labute approximate surface area is 107 Å². The molecular weight excluding hydrogens is 284 g/mol. The molecule has 0 aliphatic rings. The zero-order valence-corrected chi connectivity index (χ0v) is 10.6. The molecule has 0 aliphatic heterocycles. The van der Waals surface area contributed by atoms with Gasteiger partial charge in [-0.25, -0.2) is 14.8 Å². The van der Waals surface area contributed by atoms with Crippen LogP contribution in [0.25, 0.3) is 11.4 Å². The van der Waals surface area contributed by atoms with E-state index in [4.69, 9.17) is 4.74 Å². The molecular formula is C12H9BrN2O2. The Morgan fingerprint density at radius 2 is 1.88 bits per heavy atom. The number of aromatic nitrogens is 2. The summed E-state index contributed by atoms with van der Waals surface area (Å²) in [7, 11) is 1.35. The molecule has 86 valence electrons. The van der Waals surface area contributed by atoms with Crippen molar-refractivity contribution in [3.8, 4) is 11.4 Å². The van der Waals surface area contributed by atoms with Crippen molar-refractivity contribution in [3.63, 3.8) is 0 Å². The van der Waals surface area contributed by atoms with Crippen LogP contribution in [0.2, 0.25) is 0 Å². The molecule has 5 heteroatoms. The van der Waals surface area contributed by atoms with Crippen molar-refractivity contribution < 1.29 is 9.53 Å². The summed E-state index contributed by atoms with van der Waals surface area (Å²) in [6.07, 6.45) is 3.27. The molecule has 0 unspecified atom stereocenters. The van der Waals surface area contributed by atoms with E-state index in [1.54, 1.807) is 30.6 Å². The van der Waals surface area contributed by atoms with Gasteiger partial charge in [-0.15, -0.1) is 0 Å². The molecule has 0 fully saturated rings. The molecule has 0 bridgehead atoms. The van der Waals surface area contributed by atoms with Crippen LogP contribution in [0.1, 0.15) is 10.4 Å². The maximum Gasteiger partial charge on any atom is 0.338 e. The van der Waals surface area contributed by atoms with Gasteiger partial charge in [0.15, 0.2) is 5.82 Å². The molecule has 4 nitrogen and oxygen atoms in total. The predicted octanol–water partition coefficient (Wildman–Crippen LogP) is 2.69. The lowest BCUT2D eigenvalue weighted by Gasteiger charge is -2.05. The largest absolute Gasteiger partial charge is 0.465 e. The highest BCUT2D eigenvalue weighted by Gasteiger charge is 2.13. The van der Waals surface area contributed by atoms with Crippen molar-refractivity contribution in [1.82, 2.24) is 9.97 Å². The minimum atomic E-state index is -0.396. The van der Waals surface area contributed by atoms with Crippen LogP contribution in [0, 0.1) is 0 Å². The number of carbonyl (C=O) groups excluding carboxylic acids is 1.